The Bertz CT molecular complexity index is 2780. The molecule has 0 saturated carbocycles. The predicted octanol–water partition coefficient (Wildman–Crippen LogP) is 6.33. The number of fused-ring (bicyclic) bond motifs is 2. The van der Waals surface area contributed by atoms with Gasteiger partial charge in [-0.05, 0) is 120 Å². The van der Waals surface area contributed by atoms with Gasteiger partial charge >= 0.3 is 14.2 Å². The van der Waals surface area contributed by atoms with Crippen molar-refractivity contribution in [3.8, 4) is 11.1 Å². The Morgan fingerprint density at radius 1 is 0.729 bits per heavy atom. The van der Waals surface area contributed by atoms with Gasteiger partial charge in [0, 0.05) is 112 Å². The number of aromatic nitrogens is 4. The molecule has 20 heteroatoms. The van der Waals surface area contributed by atoms with Gasteiger partial charge in [0.15, 0.2) is 11.3 Å². The fourth-order valence-corrected chi connectivity index (χ4v) is 9.76. The number of benzene rings is 2. The molecule has 3 radical (unpaired) electrons. The average molecular weight is 1300 g/mol. The summed E-state index contributed by atoms with van der Waals surface area (Å²) in [6, 6.07) is 22.6. The first kappa shape index (κ1) is 49.1. The van der Waals surface area contributed by atoms with Gasteiger partial charge in [-0.25, -0.2) is 34.7 Å². The SMILES string of the molecule is CB(O)Nc1cc(-c2ccnc3c2ccn3S(=O)(=O)c2ccc(C)cc2)cs1.Cc1ccc(S(=O)(=O)n2ccc3c(B4OC(C)(C)C(C)(C)O4)ccnc32)cc1.[B].[U].[U]. The van der Waals surface area contributed by atoms with Gasteiger partial charge in [0.2, 0.25) is 0 Å². The Morgan fingerprint density at radius 3 is 1.68 bits per heavy atom. The van der Waals surface area contributed by atoms with Crippen molar-refractivity contribution in [1.29, 1.82) is 0 Å². The number of rotatable bonds is 8. The van der Waals surface area contributed by atoms with E-state index in [1.165, 1.54) is 31.7 Å². The van der Waals surface area contributed by atoms with Crippen LogP contribution in [0.25, 0.3) is 33.2 Å². The standard InChI is InChI=1S/C20H23BN2O4S.C19H18BN3O3S2.B.2U/c1-14-6-8-15(9-7-14)28(24,25)23-13-11-16-17(10-12-22-18(16)23)21-26-19(2,3)20(4,5)27-21;1-13-3-5-15(6-4-13)28(25,26)23-10-8-17-16(7-9-21-19(17)23)14-11-18(27-12-14)22-20(2)24;;;/h6-13H,1-5H3;3-12,22,24H,1-2H3;;;. The van der Waals surface area contributed by atoms with Gasteiger partial charge < -0.3 is 19.6 Å². The summed E-state index contributed by atoms with van der Waals surface area (Å²) in [6.07, 6.45) is 6.27. The summed E-state index contributed by atoms with van der Waals surface area (Å²) in [5.74, 6) is 0. The number of thiophene rings is 1. The van der Waals surface area contributed by atoms with Gasteiger partial charge in [0.1, 0.15) is 0 Å². The average Bonchev–Trinajstić information content (AvgIpc) is 3.93. The molecule has 0 unspecified atom stereocenters. The molecule has 0 bridgehead atoms. The summed E-state index contributed by atoms with van der Waals surface area (Å²) < 4.78 is 67.1. The molecule has 0 atom stereocenters. The van der Waals surface area contributed by atoms with Crippen LogP contribution in [0.1, 0.15) is 38.8 Å². The van der Waals surface area contributed by atoms with E-state index < -0.39 is 45.4 Å². The molecule has 8 rings (SSSR count). The number of nitrogens with zero attached hydrogens (tertiary/aromatic N) is 4. The molecule has 7 aromatic rings. The second kappa shape index (κ2) is 18.8. The number of aryl methyl sites for hydroxylation is 2. The first-order chi connectivity index (χ1) is 26.4. The fraction of sp³-hybridized carbons (Fsp3) is 0.231. The Hall–Kier alpha value is -2.60. The Kier molecular flexibility index (Phi) is 15.6. The molecule has 2 N–H and O–H groups in total. The Morgan fingerprint density at radius 2 is 1.19 bits per heavy atom. The summed E-state index contributed by atoms with van der Waals surface area (Å²) in [6.45, 7) is 13.4. The molecular formula is C39H41B3N5O7S3U2. The molecule has 12 nitrogen and oxygen atoms in total. The molecule has 5 aromatic heterocycles. The van der Waals surface area contributed by atoms with E-state index in [-0.39, 0.29) is 80.4 Å². The second-order valence-electron chi connectivity index (χ2n) is 14.7. The van der Waals surface area contributed by atoms with E-state index in [0.717, 1.165) is 38.1 Å². The quantitative estimate of drug-likeness (QED) is 0.165. The number of nitrogens with one attached hydrogen (secondary N) is 1. The van der Waals surface area contributed by atoms with Gasteiger partial charge in [0.05, 0.1) is 26.0 Å². The van der Waals surface area contributed by atoms with Crippen molar-refractivity contribution in [2.24, 2.45) is 0 Å². The molecule has 0 aliphatic carbocycles. The largest absolute Gasteiger partial charge is 0.495 e. The van der Waals surface area contributed by atoms with Crippen molar-refractivity contribution in [3.05, 3.63) is 120 Å². The van der Waals surface area contributed by atoms with E-state index in [9.17, 15) is 21.9 Å². The van der Waals surface area contributed by atoms with Crippen LogP contribution in [0.5, 0.6) is 0 Å². The van der Waals surface area contributed by atoms with Crippen LogP contribution in [0.2, 0.25) is 6.82 Å². The second-order valence-corrected chi connectivity index (χ2v) is 19.2. The molecule has 299 valence electrons. The molecule has 1 saturated heterocycles. The number of hydrogen-bond acceptors (Lipinski definition) is 11. The first-order valence-corrected chi connectivity index (χ1v) is 21.6. The third-order valence-corrected chi connectivity index (χ3v) is 14.3. The van der Waals surface area contributed by atoms with Crippen molar-refractivity contribution in [2.75, 3.05) is 5.23 Å². The van der Waals surface area contributed by atoms with E-state index >= 15 is 0 Å². The van der Waals surface area contributed by atoms with Crippen molar-refractivity contribution in [2.45, 2.75) is 69.4 Å². The maximum atomic E-state index is 13.1. The number of pyridine rings is 2. The zero-order valence-corrected chi connectivity index (χ0v) is 44.3. The van der Waals surface area contributed by atoms with Gasteiger partial charge in [0.25, 0.3) is 20.0 Å². The molecule has 2 aromatic carbocycles. The topological polar surface area (TPSA) is 155 Å². The van der Waals surface area contributed by atoms with E-state index in [2.05, 4.69) is 15.2 Å². The minimum Gasteiger partial charge on any atom is -0.433 e. The fourth-order valence-electron chi connectivity index (χ4n) is 6.27. The van der Waals surface area contributed by atoms with E-state index in [4.69, 9.17) is 9.31 Å². The molecular weight excluding hydrogens is 1260 g/mol. The van der Waals surface area contributed by atoms with Crippen LogP contribution in [-0.4, -0.2) is 73.6 Å². The third-order valence-electron chi connectivity index (χ3n) is 10.1. The van der Waals surface area contributed by atoms with E-state index in [1.807, 2.05) is 65.1 Å². The zero-order chi connectivity index (χ0) is 40.2. The minimum absolute atomic E-state index is 0. The summed E-state index contributed by atoms with van der Waals surface area (Å²) in [7, 11) is -8.73. The van der Waals surface area contributed by atoms with E-state index in [0.29, 0.717) is 16.7 Å². The predicted molar refractivity (Wildman–Crippen MR) is 229 cm³/mol. The van der Waals surface area contributed by atoms with Gasteiger partial charge in [-0.15, -0.1) is 11.3 Å². The number of hydrogen-bond donors (Lipinski definition) is 2. The Balaban J connectivity index is 0.000000248. The summed E-state index contributed by atoms with van der Waals surface area (Å²) >= 11 is 1.48. The minimum atomic E-state index is -3.75. The molecule has 0 spiro atoms. The monoisotopic (exact) mass is 1300 g/mol. The van der Waals surface area contributed by atoms with Crippen LogP contribution in [0.4, 0.5) is 5.00 Å². The third kappa shape index (κ3) is 9.73. The Labute approximate surface area is 399 Å². The van der Waals surface area contributed by atoms with Crippen LogP contribution in [-0.2, 0) is 29.4 Å². The molecule has 0 amide bonds. The van der Waals surface area contributed by atoms with Gasteiger partial charge in [-0.1, -0.05) is 35.4 Å². The number of anilines is 1. The maximum absolute atomic E-state index is 13.1. The smallest absolute Gasteiger partial charge is 0.433 e. The molecule has 1 aliphatic rings. The molecule has 6 heterocycles. The normalized spacial score (nSPS) is 14.4. The van der Waals surface area contributed by atoms with Crippen LogP contribution < -0.4 is 10.7 Å². The van der Waals surface area contributed by atoms with E-state index in [1.54, 1.807) is 79.9 Å². The van der Waals surface area contributed by atoms with Crippen LogP contribution >= 0.6 is 11.3 Å². The van der Waals surface area contributed by atoms with Crippen molar-refractivity contribution in [3.63, 3.8) is 0 Å². The first-order valence-electron chi connectivity index (χ1n) is 17.8. The van der Waals surface area contributed by atoms with Crippen LogP contribution in [0, 0.1) is 76.1 Å². The van der Waals surface area contributed by atoms with Gasteiger partial charge in [-0.3, -0.25) is 0 Å². The maximum Gasteiger partial charge on any atom is 0.495 e. The zero-order valence-electron chi connectivity index (χ0n) is 33.5. The van der Waals surface area contributed by atoms with Crippen molar-refractivity contribution in [1.82, 2.24) is 17.9 Å². The summed E-state index contributed by atoms with van der Waals surface area (Å²) in [4.78, 5) is 9.10. The van der Waals surface area contributed by atoms with Crippen molar-refractivity contribution < 1.29 is 93.4 Å². The molecule has 1 aliphatic heterocycles. The summed E-state index contributed by atoms with van der Waals surface area (Å²) in [5, 5.41) is 16.7. The summed E-state index contributed by atoms with van der Waals surface area (Å²) in [5.41, 5.74) is 4.36. The van der Waals surface area contributed by atoms with Crippen LogP contribution in [0.15, 0.2) is 119 Å². The van der Waals surface area contributed by atoms with Gasteiger partial charge in [-0.2, -0.15) is 0 Å². The van der Waals surface area contributed by atoms with Crippen LogP contribution in [0.3, 0.4) is 0 Å². The molecule has 59 heavy (non-hydrogen) atoms. The molecule has 1 fully saturated rings. The van der Waals surface area contributed by atoms with Crippen molar-refractivity contribution >= 4 is 86.5 Å².